The van der Waals surface area contributed by atoms with Crippen molar-refractivity contribution in [2.45, 2.75) is 13.0 Å². The van der Waals surface area contributed by atoms with Crippen molar-refractivity contribution in [3.05, 3.63) is 11.6 Å². The van der Waals surface area contributed by atoms with E-state index < -0.39 is 0 Å². The predicted octanol–water partition coefficient (Wildman–Crippen LogP) is 1.94. The zero-order chi connectivity index (χ0) is 7.40. The van der Waals surface area contributed by atoms with Crippen molar-refractivity contribution in [2.75, 3.05) is 5.32 Å². The van der Waals surface area contributed by atoms with Crippen LogP contribution in [-0.2, 0) is 0 Å². The van der Waals surface area contributed by atoms with Gasteiger partial charge >= 0.3 is 0 Å². The molecule has 1 N–H and O–H groups in total. The molecule has 1 heterocycles. The first-order valence-corrected chi connectivity index (χ1v) is 4.29. The summed E-state index contributed by atoms with van der Waals surface area (Å²) in [4.78, 5) is 4.05. The number of thiazole rings is 1. The summed E-state index contributed by atoms with van der Waals surface area (Å²) in [6.07, 6.45) is 1.77. The minimum absolute atomic E-state index is 0.223. The van der Waals surface area contributed by atoms with Crippen LogP contribution in [0.3, 0.4) is 0 Å². The summed E-state index contributed by atoms with van der Waals surface area (Å²) in [6, 6.07) is 0.223. The molecule has 0 aliphatic carbocycles. The first kappa shape index (κ1) is 7.63. The van der Waals surface area contributed by atoms with Crippen LogP contribution in [0, 0.1) is 0 Å². The van der Waals surface area contributed by atoms with Gasteiger partial charge in [0.15, 0.2) is 5.13 Å². The van der Waals surface area contributed by atoms with Gasteiger partial charge in [0.05, 0.1) is 6.04 Å². The van der Waals surface area contributed by atoms with Gasteiger partial charge in [-0.15, -0.1) is 11.3 Å². The molecule has 10 heavy (non-hydrogen) atoms. The average molecular weight is 172 g/mol. The maximum Gasteiger partial charge on any atom is 0.183 e. The molecular weight excluding hydrogens is 164 g/mol. The SMILES string of the molecule is C[C@@H](C=S)Nc1nccs1. The zero-order valence-electron chi connectivity index (χ0n) is 5.57. The highest BCUT2D eigenvalue weighted by atomic mass is 32.1. The molecule has 4 heteroatoms. The highest BCUT2D eigenvalue weighted by molar-refractivity contribution is 7.79. The maximum atomic E-state index is 4.74. The molecule has 0 aliphatic heterocycles. The highest BCUT2D eigenvalue weighted by Gasteiger charge is 1.97. The Bertz CT molecular complexity index is 196. The van der Waals surface area contributed by atoms with Crippen molar-refractivity contribution >= 4 is 34.1 Å². The van der Waals surface area contributed by atoms with Gasteiger partial charge in [0.1, 0.15) is 0 Å². The van der Waals surface area contributed by atoms with Crippen LogP contribution in [0.1, 0.15) is 6.92 Å². The van der Waals surface area contributed by atoms with Gasteiger partial charge in [-0.05, 0) is 6.92 Å². The van der Waals surface area contributed by atoms with E-state index in [1.54, 1.807) is 22.9 Å². The molecule has 0 bridgehead atoms. The summed E-state index contributed by atoms with van der Waals surface area (Å²) in [5.74, 6) is 0. The standard InChI is InChI=1S/C6H8N2S2/c1-5(4-9)8-6-7-2-3-10-6/h2-5H,1H3,(H,7,8)/t5-/m0/s1. The van der Waals surface area contributed by atoms with Crippen molar-refractivity contribution < 1.29 is 0 Å². The van der Waals surface area contributed by atoms with Crippen LogP contribution in [0.4, 0.5) is 5.13 Å². The van der Waals surface area contributed by atoms with Crippen molar-refractivity contribution in [3.63, 3.8) is 0 Å². The second kappa shape index (κ2) is 3.63. The fourth-order valence-electron chi connectivity index (χ4n) is 0.524. The van der Waals surface area contributed by atoms with Gasteiger partial charge in [0.25, 0.3) is 0 Å². The molecule has 0 spiro atoms. The first-order valence-electron chi connectivity index (χ1n) is 2.94. The smallest absolute Gasteiger partial charge is 0.183 e. The van der Waals surface area contributed by atoms with E-state index in [0.29, 0.717) is 0 Å². The van der Waals surface area contributed by atoms with Gasteiger partial charge in [-0.3, -0.25) is 0 Å². The molecule has 1 aromatic heterocycles. The molecule has 0 saturated carbocycles. The second-order valence-electron chi connectivity index (χ2n) is 1.91. The summed E-state index contributed by atoms with van der Waals surface area (Å²) < 4.78 is 0. The van der Waals surface area contributed by atoms with Crippen molar-refractivity contribution in [1.82, 2.24) is 4.98 Å². The lowest BCUT2D eigenvalue weighted by atomic mass is 10.4. The second-order valence-corrected chi connectivity index (χ2v) is 3.07. The van der Waals surface area contributed by atoms with Crippen LogP contribution in [0.25, 0.3) is 0 Å². The number of nitrogens with one attached hydrogen (secondary N) is 1. The lowest BCUT2D eigenvalue weighted by Gasteiger charge is -2.04. The van der Waals surface area contributed by atoms with E-state index >= 15 is 0 Å². The molecule has 0 aliphatic rings. The van der Waals surface area contributed by atoms with Gasteiger partial charge in [-0.1, -0.05) is 12.2 Å². The summed E-state index contributed by atoms with van der Waals surface area (Å²) in [5, 5.41) is 7.65. The Labute approximate surface area is 69.3 Å². The molecular formula is C6H8N2S2. The summed E-state index contributed by atoms with van der Waals surface area (Å²) >= 11 is 6.32. The van der Waals surface area contributed by atoms with E-state index in [1.165, 1.54) is 0 Å². The predicted molar refractivity (Wildman–Crippen MR) is 48.9 cm³/mol. The van der Waals surface area contributed by atoms with Gasteiger partial charge in [0.2, 0.25) is 0 Å². The zero-order valence-corrected chi connectivity index (χ0v) is 7.21. The molecule has 0 fully saturated rings. The third-order valence-corrected chi connectivity index (χ3v) is 2.10. The maximum absolute atomic E-state index is 4.74. The van der Waals surface area contributed by atoms with Crippen LogP contribution < -0.4 is 5.32 Å². The average Bonchev–Trinajstić information content (AvgIpc) is 2.40. The van der Waals surface area contributed by atoms with Crippen molar-refractivity contribution in [1.29, 1.82) is 0 Å². The fraction of sp³-hybridized carbons (Fsp3) is 0.333. The molecule has 0 saturated heterocycles. The Hall–Kier alpha value is -0.480. The quantitative estimate of drug-likeness (QED) is 0.705. The van der Waals surface area contributed by atoms with E-state index in [4.69, 9.17) is 12.2 Å². The summed E-state index contributed by atoms with van der Waals surface area (Å²) in [7, 11) is 0. The van der Waals surface area contributed by atoms with Crippen molar-refractivity contribution in [3.8, 4) is 0 Å². The Morgan fingerprint density at radius 1 is 1.90 bits per heavy atom. The number of thiocarbonyl (C=S) groups is 1. The number of hydrogen-bond donors (Lipinski definition) is 1. The van der Waals surface area contributed by atoms with E-state index in [1.807, 2.05) is 12.3 Å². The molecule has 1 aromatic rings. The molecule has 0 unspecified atom stereocenters. The Balaban J connectivity index is 2.47. The van der Waals surface area contributed by atoms with E-state index in [9.17, 15) is 0 Å². The van der Waals surface area contributed by atoms with Gasteiger partial charge < -0.3 is 5.32 Å². The molecule has 2 nitrogen and oxygen atoms in total. The Kier molecular flexibility index (Phi) is 2.77. The minimum atomic E-state index is 0.223. The molecule has 1 rings (SSSR count). The van der Waals surface area contributed by atoms with E-state index in [0.717, 1.165) is 5.13 Å². The third-order valence-electron chi connectivity index (χ3n) is 0.988. The first-order chi connectivity index (χ1) is 4.83. The van der Waals surface area contributed by atoms with Gasteiger partial charge in [0, 0.05) is 16.9 Å². The molecule has 0 amide bonds. The minimum Gasteiger partial charge on any atom is -0.355 e. The van der Waals surface area contributed by atoms with Crippen LogP contribution in [-0.4, -0.2) is 16.4 Å². The summed E-state index contributed by atoms with van der Waals surface area (Å²) in [5.41, 5.74) is 0. The van der Waals surface area contributed by atoms with Gasteiger partial charge in [-0.25, -0.2) is 4.98 Å². The van der Waals surface area contributed by atoms with Crippen LogP contribution >= 0.6 is 23.6 Å². The molecule has 0 aromatic carbocycles. The van der Waals surface area contributed by atoms with Crippen LogP contribution in [0.15, 0.2) is 11.6 Å². The number of hydrogen-bond acceptors (Lipinski definition) is 4. The Morgan fingerprint density at radius 3 is 3.20 bits per heavy atom. The lowest BCUT2D eigenvalue weighted by molar-refractivity contribution is 1.08. The number of anilines is 1. The number of aromatic nitrogens is 1. The Morgan fingerprint density at radius 2 is 2.70 bits per heavy atom. The summed E-state index contributed by atoms with van der Waals surface area (Å²) in [6.45, 7) is 1.99. The highest BCUT2D eigenvalue weighted by Crippen LogP contribution is 2.10. The topological polar surface area (TPSA) is 24.9 Å². The number of rotatable bonds is 3. The van der Waals surface area contributed by atoms with Crippen molar-refractivity contribution in [2.24, 2.45) is 0 Å². The van der Waals surface area contributed by atoms with E-state index in [2.05, 4.69) is 10.3 Å². The molecule has 1 atom stereocenters. The van der Waals surface area contributed by atoms with Crippen LogP contribution in [0.2, 0.25) is 0 Å². The lowest BCUT2D eigenvalue weighted by Crippen LogP contribution is -2.14. The third kappa shape index (κ3) is 2.04. The molecule has 54 valence electrons. The van der Waals surface area contributed by atoms with Crippen LogP contribution in [0.5, 0.6) is 0 Å². The number of nitrogens with zero attached hydrogens (tertiary/aromatic N) is 1. The fourth-order valence-corrected chi connectivity index (χ4v) is 1.22. The largest absolute Gasteiger partial charge is 0.355 e. The molecule has 0 radical (unpaired) electrons. The van der Waals surface area contributed by atoms with Gasteiger partial charge in [-0.2, -0.15) is 0 Å². The van der Waals surface area contributed by atoms with E-state index in [-0.39, 0.29) is 6.04 Å². The normalized spacial score (nSPS) is 12.5. The monoisotopic (exact) mass is 172 g/mol.